The first-order valence-corrected chi connectivity index (χ1v) is 8.61. The van der Waals surface area contributed by atoms with E-state index < -0.39 is 0 Å². The fourth-order valence-corrected chi connectivity index (χ4v) is 3.47. The summed E-state index contributed by atoms with van der Waals surface area (Å²) >= 11 is 1.49. The summed E-state index contributed by atoms with van der Waals surface area (Å²) in [5.41, 5.74) is 2.36. The van der Waals surface area contributed by atoms with Gasteiger partial charge in [0.15, 0.2) is 5.13 Å². The van der Waals surface area contributed by atoms with Crippen molar-refractivity contribution in [3.63, 3.8) is 0 Å². The first kappa shape index (κ1) is 16.3. The summed E-state index contributed by atoms with van der Waals surface area (Å²) in [6, 6.07) is 15.4. The third-order valence-corrected chi connectivity index (χ3v) is 4.58. The van der Waals surface area contributed by atoms with E-state index in [4.69, 9.17) is 0 Å². The van der Waals surface area contributed by atoms with E-state index in [9.17, 15) is 9.18 Å². The first-order chi connectivity index (χ1) is 11.7. The van der Waals surface area contributed by atoms with Crippen molar-refractivity contribution in [2.45, 2.75) is 19.8 Å². The Morgan fingerprint density at radius 3 is 2.50 bits per heavy atom. The van der Waals surface area contributed by atoms with Crippen LogP contribution in [0.3, 0.4) is 0 Å². The number of halogens is 1. The van der Waals surface area contributed by atoms with Crippen LogP contribution in [0.1, 0.15) is 28.6 Å². The average molecular weight is 340 g/mol. The number of aryl methyl sites for hydroxylation is 1. The van der Waals surface area contributed by atoms with E-state index in [1.807, 2.05) is 30.3 Å². The summed E-state index contributed by atoms with van der Waals surface area (Å²) in [7, 11) is 0. The van der Waals surface area contributed by atoms with E-state index in [1.54, 1.807) is 0 Å². The molecule has 0 bridgehead atoms. The van der Waals surface area contributed by atoms with Gasteiger partial charge in [-0.05, 0) is 30.7 Å². The molecule has 0 atom stereocenters. The van der Waals surface area contributed by atoms with Crippen molar-refractivity contribution < 1.29 is 9.18 Å². The molecule has 1 N–H and O–H groups in total. The highest BCUT2D eigenvalue weighted by atomic mass is 32.1. The second-order valence-electron chi connectivity index (χ2n) is 5.37. The van der Waals surface area contributed by atoms with Crippen LogP contribution in [-0.2, 0) is 6.42 Å². The van der Waals surface area contributed by atoms with Gasteiger partial charge in [0.05, 0.1) is 5.69 Å². The van der Waals surface area contributed by atoms with Crippen molar-refractivity contribution in [1.82, 2.24) is 4.98 Å². The number of nitrogens with one attached hydrogen (secondary N) is 1. The van der Waals surface area contributed by atoms with Crippen molar-refractivity contribution in [2.24, 2.45) is 0 Å². The summed E-state index contributed by atoms with van der Waals surface area (Å²) in [5.74, 6) is -0.649. The number of thiazole rings is 1. The maximum atomic E-state index is 13.0. The SMILES string of the molecule is CCCc1sc(NC(=O)c2ccc(F)cc2)nc1-c1ccccc1. The zero-order chi connectivity index (χ0) is 16.9. The number of carbonyl (C=O) groups excluding carboxylic acids is 1. The molecule has 24 heavy (non-hydrogen) atoms. The predicted octanol–water partition coefficient (Wildman–Crippen LogP) is 5.15. The number of hydrogen-bond donors (Lipinski definition) is 1. The molecule has 0 aliphatic carbocycles. The van der Waals surface area contributed by atoms with Gasteiger partial charge in [0, 0.05) is 16.0 Å². The maximum Gasteiger partial charge on any atom is 0.257 e. The van der Waals surface area contributed by atoms with Gasteiger partial charge in [-0.15, -0.1) is 11.3 Å². The Bertz CT molecular complexity index is 828. The van der Waals surface area contributed by atoms with Crippen LogP contribution in [0, 0.1) is 5.82 Å². The molecule has 1 amide bonds. The topological polar surface area (TPSA) is 42.0 Å². The van der Waals surface area contributed by atoms with Crippen LogP contribution in [0.2, 0.25) is 0 Å². The molecule has 0 saturated heterocycles. The largest absolute Gasteiger partial charge is 0.298 e. The average Bonchev–Trinajstić information content (AvgIpc) is 2.99. The molecule has 0 aliphatic heterocycles. The normalized spacial score (nSPS) is 10.6. The van der Waals surface area contributed by atoms with Gasteiger partial charge >= 0.3 is 0 Å². The Hall–Kier alpha value is -2.53. The predicted molar refractivity (Wildman–Crippen MR) is 95.9 cm³/mol. The monoisotopic (exact) mass is 340 g/mol. The molecule has 2 aromatic carbocycles. The molecule has 1 aromatic heterocycles. The first-order valence-electron chi connectivity index (χ1n) is 7.79. The molecule has 0 unspecified atom stereocenters. The van der Waals surface area contributed by atoms with Crippen LogP contribution in [0.4, 0.5) is 9.52 Å². The van der Waals surface area contributed by atoms with E-state index in [0.29, 0.717) is 10.7 Å². The minimum Gasteiger partial charge on any atom is -0.298 e. The molecule has 3 nitrogen and oxygen atoms in total. The number of nitrogens with zero attached hydrogens (tertiary/aromatic N) is 1. The smallest absolute Gasteiger partial charge is 0.257 e. The second kappa shape index (κ2) is 7.36. The molecular weight excluding hydrogens is 323 g/mol. The van der Waals surface area contributed by atoms with Gasteiger partial charge in [0.1, 0.15) is 5.82 Å². The standard InChI is InChI=1S/C19H17FN2OS/c1-2-6-16-17(13-7-4-3-5-8-13)21-19(24-16)22-18(23)14-9-11-15(20)12-10-14/h3-5,7-12H,2,6H2,1H3,(H,21,22,23). The zero-order valence-electron chi connectivity index (χ0n) is 13.3. The minimum atomic E-state index is -0.364. The lowest BCUT2D eigenvalue weighted by molar-refractivity contribution is 0.102. The molecule has 1 heterocycles. The Morgan fingerprint density at radius 1 is 1.12 bits per heavy atom. The van der Waals surface area contributed by atoms with Crippen molar-refractivity contribution in [2.75, 3.05) is 5.32 Å². The summed E-state index contributed by atoms with van der Waals surface area (Å²) in [6.07, 6.45) is 1.92. The number of carbonyl (C=O) groups is 1. The second-order valence-corrected chi connectivity index (χ2v) is 6.45. The number of aromatic nitrogens is 1. The lowest BCUT2D eigenvalue weighted by Crippen LogP contribution is -2.11. The van der Waals surface area contributed by atoms with Crippen LogP contribution in [0.5, 0.6) is 0 Å². The van der Waals surface area contributed by atoms with Gasteiger partial charge in [-0.25, -0.2) is 9.37 Å². The van der Waals surface area contributed by atoms with Gasteiger partial charge in [0.2, 0.25) is 0 Å². The van der Waals surface area contributed by atoms with Crippen molar-refractivity contribution in [3.05, 3.63) is 70.9 Å². The van der Waals surface area contributed by atoms with Gasteiger partial charge in [-0.3, -0.25) is 10.1 Å². The van der Waals surface area contributed by atoms with Crippen LogP contribution in [0.25, 0.3) is 11.3 Å². The summed E-state index contributed by atoms with van der Waals surface area (Å²) in [4.78, 5) is 18.0. The van der Waals surface area contributed by atoms with Crippen molar-refractivity contribution in [1.29, 1.82) is 0 Å². The molecular formula is C19H17FN2OS. The van der Waals surface area contributed by atoms with Crippen LogP contribution in [-0.4, -0.2) is 10.9 Å². The van der Waals surface area contributed by atoms with E-state index in [2.05, 4.69) is 17.2 Å². The van der Waals surface area contributed by atoms with Crippen LogP contribution >= 0.6 is 11.3 Å². The summed E-state index contributed by atoms with van der Waals surface area (Å²) < 4.78 is 13.0. The lowest BCUT2D eigenvalue weighted by atomic mass is 10.1. The third kappa shape index (κ3) is 3.68. The molecule has 0 radical (unpaired) electrons. The third-order valence-electron chi connectivity index (χ3n) is 3.55. The fourth-order valence-electron chi connectivity index (χ4n) is 2.39. The van der Waals surface area contributed by atoms with Crippen molar-refractivity contribution in [3.8, 4) is 11.3 Å². The van der Waals surface area contributed by atoms with E-state index >= 15 is 0 Å². The molecule has 122 valence electrons. The Labute approximate surface area is 144 Å². The molecule has 0 fully saturated rings. The molecule has 3 rings (SSSR count). The summed E-state index contributed by atoms with van der Waals surface area (Å²) in [5, 5.41) is 3.37. The highest BCUT2D eigenvalue weighted by Gasteiger charge is 2.15. The number of anilines is 1. The molecule has 0 saturated carbocycles. The number of amides is 1. The fraction of sp³-hybridized carbons (Fsp3) is 0.158. The molecule has 0 spiro atoms. The lowest BCUT2D eigenvalue weighted by Gasteiger charge is -2.01. The molecule has 5 heteroatoms. The van der Waals surface area contributed by atoms with Crippen LogP contribution < -0.4 is 5.32 Å². The number of benzene rings is 2. The van der Waals surface area contributed by atoms with E-state index in [1.165, 1.54) is 35.6 Å². The van der Waals surface area contributed by atoms with E-state index in [-0.39, 0.29) is 11.7 Å². The highest BCUT2D eigenvalue weighted by Crippen LogP contribution is 2.32. The zero-order valence-corrected chi connectivity index (χ0v) is 14.1. The molecule has 0 aliphatic rings. The number of rotatable bonds is 5. The highest BCUT2D eigenvalue weighted by molar-refractivity contribution is 7.16. The Balaban J connectivity index is 1.86. The number of hydrogen-bond acceptors (Lipinski definition) is 3. The Morgan fingerprint density at radius 2 is 1.83 bits per heavy atom. The van der Waals surface area contributed by atoms with Gasteiger partial charge in [-0.1, -0.05) is 43.7 Å². The van der Waals surface area contributed by atoms with Gasteiger partial charge < -0.3 is 0 Å². The molecule has 3 aromatic rings. The van der Waals surface area contributed by atoms with Gasteiger partial charge in [0.25, 0.3) is 5.91 Å². The van der Waals surface area contributed by atoms with Crippen LogP contribution in [0.15, 0.2) is 54.6 Å². The Kier molecular flexibility index (Phi) is 5.01. The van der Waals surface area contributed by atoms with E-state index in [0.717, 1.165) is 29.0 Å². The van der Waals surface area contributed by atoms with Gasteiger partial charge in [-0.2, -0.15) is 0 Å². The summed E-state index contributed by atoms with van der Waals surface area (Å²) in [6.45, 7) is 2.12. The minimum absolute atomic E-state index is 0.286. The quantitative estimate of drug-likeness (QED) is 0.697. The maximum absolute atomic E-state index is 13.0. The van der Waals surface area contributed by atoms with Crippen molar-refractivity contribution >= 4 is 22.4 Å².